The Balaban J connectivity index is 0.000000336. The molecule has 1 aliphatic heterocycles. The summed E-state index contributed by atoms with van der Waals surface area (Å²) in [5.74, 6) is -0.445. The van der Waals surface area contributed by atoms with Crippen LogP contribution in [0.25, 0.3) is 11.3 Å². The first kappa shape index (κ1) is 33.4. The number of rotatable bonds is 5. The summed E-state index contributed by atoms with van der Waals surface area (Å²) >= 11 is 5.95. The molecule has 0 bridgehead atoms. The molecule has 5 nitrogen and oxygen atoms in total. The van der Waals surface area contributed by atoms with Gasteiger partial charge in [0, 0.05) is 29.4 Å². The largest absolute Gasteiger partial charge is 0.327 e. The van der Waals surface area contributed by atoms with Crippen LogP contribution in [0.1, 0.15) is 96.3 Å². The van der Waals surface area contributed by atoms with E-state index in [9.17, 15) is 13.6 Å². The second-order valence-electron chi connectivity index (χ2n) is 10.8. The number of hydrogen-bond donors (Lipinski definition) is 1. The van der Waals surface area contributed by atoms with Crippen molar-refractivity contribution in [3.8, 4) is 11.3 Å². The summed E-state index contributed by atoms with van der Waals surface area (Å²) in [6.07, 6.45) is 1.17. The van der Waals surface area contributed by atoms with E-state index >= 15 is 0 Å². The van der Waals surface area contributed by atoms with Crippen molar-refractivity contribution in [3.63, 3.8) is 0 Å². The topological polar surface area (TPSA) is 64.2 Å². The molecule has 220 valence electrons. The zero-order valence-corrected chi connectivity index (χ0v) is 26.2. The second-order valence-corrected chi connectivity index (χ2v) is 11.2. The molecule has 0 fully saturated rings. The van der Waals surface area contributed by atoms with E-state index < -0.39 is 17.2 Å². The quantitative estimate of drug-likeness (QED) is 0.334. The fourth-order valence-corrected chi connectivity index (χ4v) is 5.33. The first-order valence-electron chi connectivity index (χ1n) is 14.2. The van der Waals surface area contributed by atoms with Gasteiger partial charge >= 0.3 is 0 Å². The van der Waals surface area contributed by atoms with E-state index in [-0.39, 0.29) is 18.4 Å². The average molecular weight is 575 g/mol. The summed E-state index contributed by atoms with van der Waals surface area (Å²) in [6, 6.07) is 10.1. The second kappa shape index (κ2) is 14.2. The molecule has 0 saturated carbocycles. The van der Waals surface area contributed by atoms with E-state index in [1.54, 1.807) is 4.90 Å². The van der Waals surface area contributed by atoms with Gasteiger partial charge < -0.3 is 15.2 Å². The third-order valence-corrected chi connectivity index (χ3v) is 7.46. The van der Waals surface area contributed by atoms with Crippen LogP contribution in [0.15, 0.2) is 36.4 Å². The number of fused-ring (bicyclic) bond motifs is 1. The van der Waals surface area contributed by atoms with Gasteiger partial charge in [-0.3, -0.25) is 4.79 Å². The third kappa shape index (κ3) is 7.29. The minimum Gasteiger partial charge on any atom is -0.327 e. The Labute approximate surface area is 243 Å². The maximum Gasteiger partial charge on any atom is 0.237 e. The minimum atomic E-state index is -0.901. The van der Waals surface area contributed by atoms with Crippen molar-refractivity contribution in [3.05, 3.63) is 75.7 Å². The van der Waals surface area contributed by atoms with Gasteiger partial charge in [-0.15, -0.1) is 0 Å². The van der Waals surface area contributed by atoms with Crippen molar-refractivity contribution in [2.75, 3.05) is 13.1 Å². The number of imidazole rings is 1. The van der Waals surface area contributed by atoms with Gasteiger partial charge in [0.25, 0.3) is 0 Å². The number of carbonyl (C=O) groups excluding carboxylic acids is 1. The Morgan fingerprint density at radius 3 is 2.25 bits per heavy atom. The summed E-state index contributed by atoms with van der Waals surface area (Å²) in [4.78, 5) is 18.7. The number of aryl methyl sites for hydroxylation is 1. The van der Waals surface area contributed by atoms with Gasteiger partial charge in [0.15, 0.2) is 11.6 Å². The zero-order valence-electron chi connectivity index (χ0n) is 25.4. The number of carbonyl (C=O) groups is 1. The van der Waals surface area contributed by atoms with E-state index in [0.717, 1.165) is 22.6 Å². The van der Waals surface area contributed by atoms with Crippen LogP contribution in [-0.2, 0) is 16.9 Å². The monoisotopic (exact) mass is 574 g/mol. The van der Waals surface area contributed by atoms with Crippen molar-refractivity contribution in [2.24, 2.45) is 5.73 Å². The number of benzene rings is 2. The summed E-state index contributed by atoms with van der Waals surface area (Å²) < 4.78 is 29.2. The van der Waals surface area contributed by atoms with Gasteiger partial charge in [-0.25, -0.2) is 13.8 Å². The van der Waals surface area contributed by atoms with Crippen LogP contribution in [-0.4, -0.2) is 33.4 Å². The molecular weight excluding hydrogens is 530 g/mol. The average Bonchev–Trinajstić information content (AvgIpc) is 3.32. The Hall–Kier alpha value is -2.77. The Morgan fingerprint density at radius 2 is 1.73 bits per heavy atom. The predicted molar refractivity (Wildman–Crippen MR) is 162 cm³/mol. The van der Waals surface area contributed by atoms with E-state index in [1.165, 1.54) is 29.7 Å². The van der Waals surface area contributed by atoms with Gasteiger partial charge in [-0.05, 0) is 80.5 Å². The van der Waals surface area contributed by atoms with Crippen molar-refractivity contribution in [1.82, 2.24) is 14.5 Å². The molecule has 1 aliphatic rings. The molecule has 4 rings (SSSR count). The lowest BCUT2D eigenvalue weighted by molar-refractivity contribution is -0.137. The summed E-state index contributed by atoms with van der Waals surface area (Å²) in [5.41, 5.74) is 9.62. The molecule has 0 radical (unpaired) electrons. The van der Waals surface area contributed by atoms with E-state index in [0.29, 0.717) is 30.3 Å². The molecule has 2 aromatic carbocycles. The minimum absolute atomic E-state index is 0.0583. The number of aromatic nitrogens is 2. The van der Waals surface area contributed by atoms with Gasteiger partial charge in [-0.1, -0.05) is 59.2 Å². The Kier molecular flexibility index (Phi) is 11.9. The number of halogens is 3. The molecule has 3 aromatic rings. The smallest absolute Gasteiger partial charge is 0.237 e. The summed E-state index contributed by atoms with van der Waals surface area (Å²) in [5, 5.41) is 0.852. The van der Waals surface area contributed by atoms with Crippen molar-refractivity contribution < 1.29 is 13.6 Å². The van der Waals surface area contributed by atoms with Crippen LogP contribution in [0.5, 0.6) is 0 Å². The Bertz CT molecular complexity index is 1280. The summed E-state index contributed by atoms with van der Waals surface area (Å²) in [7, 11) is 0. The van der Waals surface area contributed by atoms with Crippen LogP contribution in [0, 0.1) is 18.6 Å². The van der Waals surface area contributed by atoms with E-state index in [1.807, 2.05) is 47.6 Å². The highest BCUT2D eigenvalue weighted by atomic mass is 35.5. The van der Waals surface area contributed by atoms with Gasteiger partial charge in [0.2, 0.25) is 5.91 Å². The van der Waals surface area contributed by atoms with E-state index in [4.69, 9.17) is 22.3 Å². The molecule has 1 amide bonds. The maximum absolute atomic E-state index is 13.8. The lowest BCUT2D eigenvalue weighted by Crippen LogP contribution is -2.53. The molecule has 1 aromatic heterocycles. The van der Waals surface area contributed by atoms with Crippen molar-refractivity contribution in [1.29, 1.82) is 0 Å². The van der Waals surface area contributed by atoms with Crippen LogP contribution in [0.3, 0.4) is 0 Å². The molecule has 2 N–H and O–H groups in total. The highest BCUT2D eigenvalue weighted by Gasteiger charge is 2.41. The normalized spacial score (nSPS) is 14.5. The SMILES string of the molecule is CC.CC(C)c1c(-c2ccc(F)c(F)c2)nc2n1CCN(C(=O)CN)C2(C)C.CCC(C)c1cc(C)cc(Cl)c1. The standard InChI is InChI=1S/C19H24F2N4O.C11H15Cl.C2H6/c1-11(2)17-16(12-5-6-13(20)14(21)9-12)23-18-19(3,4)25(15(26)10-22)8-7-24(17)18;1-4-9(3)10-5-8(2)6-11(12)7-10;1-2/h5-6,9,11H,7-8,10,22H2,1-4H3;5-7,9H,4H2,1-3H3;1-2H3. The van der Waals surface area contributed by atoms with Crippen LogP contribution >= 0.6 is 11.6 Å². The summed E-state index contributed by atoms with van der Waals surface area (Å²) in [6.45, 7) is 19.5. The molecule has 40 heavy (non-hydrogen) atoms. The lowest BCUT2D eigenvalue weighted by Gasteiger charge is -2.42. The highest BCUT2D eigenvalue weighted by Crippen LogP contribution is 2.38. The first-order valence-corrected chi connectivity index (χ1v) is 14.5. The number of hydrogen-bond acceptors (Lipinski definition) is 3. The fraction of sp³-hybridized carbons (Fsp3) is 0.500. The van der Waals surface area contributed by atoms with E-state index in [2.05, 4.69) is 37.5 Å². The number of amides is 1. The first-order chi connectivity index (χ1) is 18.8. The third-order valence-electron chi connectivity index (χ3n) is 7.24. The molecule has 0 saturated heterocycles. The van der Waals surface area contributed by atoms with Crippen molar-refractivity contribution >= 4 is 17.5 Å². The molecule has 0 spiro atoms. The molecule has 1 unspecified atom stereocenters. The van der Waals surface area contributed by atoms with Crippen LogP contribution in [0.4, 0.5) is 8.78 Å². The maximum atomic E-state index is 13.8. The fourth-order valence-electron chi connectivity index (χ4n) is 5.03. The van der Waals surface area contributed by atoms with Crippen molar-refractivity contribution in [2.45, 2.75) is 92.7 Å². The lowest BCUT2D eigenvalue weighted by atomic mass is 9.97. The Morgan fingerprint density at radius 1 is 1.07 bits per heavy atom. The van der Waals surface area contributed by atoms with Gasteiger partial charge in [0.05, 0.1) is 17.8 Å². The molecular formula is C32H45ClF2N4O. The molecule has 8 heteroatoms. The highest BCUT2D eigenvalue weighted by molar-refractivity contribution is 6.30. The number of nitrogens with two attached hydrogens (primary N) is 1. The predicted octanol–water partition coefficient (Wildman–Crippen LogP) is 8.18. The molecule has 2 heterocycles. The van der Waals surface area contributed by atoms with Crippen LogP contribution in [0.2, 0.25) is 5.02 Å². The van der Waals surface area contributed by atoms with Crippen LogP contribution < -0.4 is 5.73 Å². The molecule has 1 atom stereocenters. The number of nitrogens with zero attached hydrogens (tertiary/aromatic N) is 3. The van der Waals surface area contributed by atoms with Gasteiger partial charge in [0.1, 0.15) is 5.82 Å². The molecule has 0 aliphatic carbocycles. The van der Waals surface area contributed by atoms with Gasteiger partial charge in [-0.2, -0.15) is 0 Å². The zero-order chi connectivity index (χ0) is 30.4.